The van der Waals surface area contributed by atoms with Gasteiger partial charge in [-0.15, -0.1) is 18.3 Å². The predicted molar refractivity (Wildman–Crippen MR) is 65.7 cm³/mol. The van der Waals surface area contributed by atoms with Crippen LogP contribution in [-0.4, -0.2) is 31.8 Å². The highest BCUT2D eigenvalue weighted by Gasteiger charge is 2.48. The summed E-state index contributed by atoms with van der Waals surface area (Å²) >= 11 is 11.3. The molecule has 0 fully saturated rings. The molecule has 2 atom stereocenters. The van der Waals surface area contributed by atoms with Gasteiger partial charge in [0.05, 0.1) is 9.92 Å². The van der Waals surface area contributed by atoms with Gasteiger partial charge in [-0.2, -0.15) is 4.53 Å². The zero-order chi connectivity index (χ0) is 14.2. The van der Waals surface area contributed by atoms with Gasteiger partial charge >= 0.3 is 6.30 Å². The highest BCUT2D eigenvalue weighted by Crippen LogP contribution is 2.33. The zero-order valence-corrected chi connectivity index (χ0v) is 11.3. The number of halogens is 5. The second-order valence-electron chi connectivity index (χ2n) is 3.45. The van der Waals surface area contributed by atoms with Crippen LogP contribution in [0, 0.1) is 0 Å². The molecule has 0 aliphatic carbocycles. The van der Waals surface area contributed by atoms with Gasteiger partial charge in [-0.1, -0.05) is 23.7 Å². The monoisotopic (exact) mass is 331 g/mol. The van der Waals surface area contributed by atoms with E-state index in [9.17, 15) is 17.4 Å². The lowest BCUT2D eigenvalue weighted by Crippen LogP contribution is -2.47. The lowest BCUT2D eigenvalue weighted by atomic mass is 10.4. The Bertz CT molecular complexity index is 540. The molecule has 1 aliphatic rings. The minimum Gasteiger partial charge on any atom is -0.250 e. The molecule has 104 valence electrons. The van der Waals surface area contributed by atoms with Crippen LogP contribution in [0.2, 0.25) is 5.02 Å². The molecule has 1 heterocycles. The van der Waals surface area contributed by atoms with Crippen molar-refractivity contribution in [2.75, 3.05) is 0 Å². The van der Waals surface area contributed by atoms with E-state index >= 15 is 0 Å². The first kappa shape index (κ1) is 14.4. The van der Waals surface area contributed by atoms with E-state index < -0.39 is 22.6 Å². The molecule has 0 radical (unpaired) electrons. The van der Waals surface area contributed by atoms with Crippen LogP contribution in [-0.2, 0) is 10.8 Å². The number of nitrogens with zero attached hydrogens (tertiary/aromatic N) is 3. The molecule has 2 rings (SSSR count). The van der Waals surface area contributed by atoms with Gasteiger partial charge in [0, 0.05) is 11.8 Å². The molecule has 0 spiro atoms. The molecule has 1 aromatic rings. The molecule has 0 saturated carbocycles. The van der Waals surface area contributed by atoms with E-state index in [4.69, 9.17) is 23.4 Å². The number of benzene rings is 1. The van der Waals surface area contributed by atoms with Crippen molar-refractivity contribution in [1.82, 2.24) is 9.43 Å². The number of hydrazone groups is 1. The molecule has 0 N–H and O–H groups in total. The van der Waals surface area contributed by atoms with Crippen molar-refractivity contribution in [3.8, 4) is 0 Å². The van der Waals surface area contributed by atoms with Crippen molar-refractivity contribution in [3.63, 3.8) is 0 Å². The summed E-state index contributed by atoms with van der Waals surface area (Å²) in [4.78, 5) is -0.0843. The highest BCUT2D eigenvalue weighted by atomic mass is 35.5. The van der Waals surface area contributed by atoms with Crippen molar-refractivity contribution in [3.05, 3.63) is 29.3 Å². The molecule has 1 aromatic carbocycles. The van der Waals surface area contributed by atoms with E-state index in [0.29, 0.717) is 10.9 Å². The number of rotatable bonds is 2. The van der Waals surface area contributed by atoms with Gasteiger partial charge in [-0.25, -0.2) is 4.90 Å². The van der Waals surface area contributed by atoms with Crippen LogP contribution < -0.4 is 0 Å². The van der Waals surface area contributed by atoms with Gasteiger partial charge < -0.3 is 0 Å². The Labute approximate surface area is 118 Å². The van der Waals surface area contributed by atoms with Crippen LogP contribution in [0.1, 0.15) is 0 Å². The standard InChI is InChI=1S/C9H6Cl2F3N3OS/c10-6-3-1-2-4-7(6)19(18)8-16(9(12,13)14)5-15-17(8)11/h1-5,8H. The van der Waals surface area contributed by atoms with Gasteiger partial charge in [0.2, 0.25) is 5.50 Å². The maximum atomic E-state index is 12.7. The van der Waals surface area contributed by atoms with Crippen LogP contribution in [0.3, 0.4) is 0 Å². The third-order valence-corrected chi connectivity index (χ3v) is 4.67. The molecule has 19 heavy (non-hydrogen) atoms. The molecule has 10 heteroatoms. The molecule has 0 saturated heterocycles. The lowest BCUT2D eigenvalue weighted by Gasteiger charge is -2.27. The third kappa shape index (κ3) is 2.80. The second-order valence-corrected chi connectivity index (χ2v) is 5.66. The van der Waals surface area contributed by atoms with Gasteiger partial charge in [0.15, 0.2) is 0 Å². The van der Waals surface area contributed by atoms with Crippen molar-refractivity contribution in [1.29, 1.82) is 0 Å². The highest BCUT2D eigenvalue weighted by molar-refractivity contribution is 7.85. The molecule has 1 aliphatic heterocycles. The SMILES string of the molecule is O=S(c1ccccc1Cl)C1N(Cl)N=CN1C(F)(F)F. The predicted octanol–water partition coefficient (Wildman–Crippen LogP) is 2.97. The van der Waals surface area contributed by atoms with E-state index in [1.54, 1.807) is 6.07 Å². The summed E-state index contributed by atoms with van der Waals surface area (Å²) in [7, 11) is -2.13. The largest absolute Gasteiger partial charge is 0.488 e. The summed E-state index contributed by atoms with van der Waals surface area (Å²) in [6, 6.07) is 5.90. The Hall–Kier alpha value is -0.990. The smallest absolute Gasteiger partial charge is 0.250 e. The molecule has 2 unspecified atom stereocenters. The van der Waals surface area contributed by atoms with Crippen LogP contribution in [0.5, 0.6) is 0 Å². The van der Waals surface area contributed by atoms with Crippen LogP contribution >= 0.6 is 23.4 Å². The van der Waals surface area contributed by atoms with Gasteiger partial charge in [-0.3, -0.25) is 4.21 Å². The zero-order valence-electron chi connectivity index (χ0n) is 9.01. The summed E-state index contributed by atoms with van der Waals surface area (Å²) in [6.07, 6.45) is -4.26. The van der Waals surface area contributed by atoms with Gasteiger partial charge in [0.1, 0.15) is 17.1 Å². The maximum Gasteiger partial charge on any atom is 0.488 e. The van der Waals surface area contributed by atoms with E-state index in [1.165, 1.54) is 18.2 Å². The number of hydrogen-bond donors (Lipinski definition) is 0. The molecular weight excluding hydrogens is 326 g/mol. The summed E-state index contributed by atoms with van der Waals surface area (Å²) in [5, 5.41) is 3.38. The van der Waals surface area contributed by atoms with E-state index in [0.717, 1.165) is 0 Å². The average molecular weight is 332 g/mol. The minimum absolute atomic E-state index is 0.0552. The van der Waals surface area contributed by atoms with Gasteiger partial charge in [0.25, 0.3) is 0 Å². The Morgan fingerprint density at radius 2 is 1.95 bits per heavy atom. The Balaban J connectivity index is 2.35. The molecule has 0 amide bonds. The molecule has 4 nitrogen and oxygen atoms in total. The summed E-state index contributed by atoms with van der Waals surface area (Å²) in [5.74, 6) is 0. The van der Waals surface area contributed by atoms with Crippen molar-refractivity contribution in [2.45, 2.75) is 16.7 Å². The first-order valence-corrected chi connectivity index (χ1v) is 6.74. The van der Waals surface area contributed by atoms with E-state index in [2.05, 4.69) is 5.10 Å². The normalized spacial score (nSPS) is 21.0. The van der Waals surface area contributed by atoms with Gasteiger partial charge in [-0.05, 0) is 12.1 Å². The summed E-state index contributed by atoms with van der Waals surface area (Å²) in [6.45, 7) is 0. The van der Waals surface area contributed by atoms with Crippen molar-refractivity contribution >= 4 is 40.5 Å². The minimum atomic E-state index is -4.74. The maximum absolute atomic E-state index is 12.7. The van der Waals surface area contributed by atoms with Crippen LogP contribution in [0.25, 0.3) is 0 Å². The van der Waals surface area contributed by atoms with E-state index in [1.807, 2.05) is 0 Å². The second kappa shape index (κ2) is 5.18. The summed E-state index contributed by atoms with van der Waals surface area (Å²) < 4.78 is 50.9. The quantitative estimate of drug-likeness (QED) is 0.617. The van der Waals surface area contributed by atoms with Crippen molar-refractivity contribution < 1.29 is 17.4 Å². The van der Waals surface area contributed by atoms with Crippen LogP contribution in [0.15, 0.2) is 34.3 Å². The third-order valence-electron chi connectivity index (χ3n) is 2.24. The molecule has 0 bridgehead atoms. The molecular formula is C9H6Cl2F3N3OS. The first-order valence-electron chi connectivity index (χ1n) is 4.82. The number of alkyl halides is 3. The first-order chi connectivity index (χ1) is 8.82. The number of hydrogen-bond acceptors (Lipinski definition) is 4. The fraction of sp³-hybridized carbons (Fsp3) is 0.222. The summed E-state index contributed by atoms with van der Waals surface area (Å²) in [5.41, 5.74) is -1.69. The molecule has 0 aromatic heterocycles. The Morgan fingerprint density at radius 3 is 2.53 bits per heavy atom. The van der Waals surface area contributed by atoms with Crippen molar-refractivity contribution in [2.24, 2.45) is 5.10 Å². The van der Waals surface area contributed by atoms with Crippen LogP contribution in [0.4, 0.5) is 13.2 Å². The topological polar surface area (TPSA) is 35.9 Å². The Kier molecular flexibility index (Phi) is 3.93. The van der Waals surface area contributed by atoms with E-state index in [-0.39, 0.29) is 14.8 Å². The fourth-order valence-electron chi connectivity index (χ4n) is 1.42. The lowest BCUT2D eigenvalue weighted by molar-refractivity contribution is -0.221. The average Bonchev–Trinajstić information content (AvgIpc) is 2.70. The fourth-order valence-corrected chi connectivity index (χ4v) is 3.42. The Morgan fingerprint density at radius 1 is 1.32 bits per heavy atom.